The number of benzene rings is 1. The number of rotatable bonds is 8. The van der Waals surface area contributed by atoms with Gasteiger partial charge in [0.25, 0.3) is 5.56 Å². The largest absolute Gasteiger partial charge is 0.338 e. The summed E-state index contributed by atoms with van der Waals surface area (Å²) in [6.07, 6.45) is 3.83. The standard InChI is InChI=1S/C19H22N6O2S/c1-3-5-8-11-24-17(26)13-9-6-7-10-14(13)25-18(24)21-22-19(25)28-12-16-20-15(4-2)23-27-16/h6-7,9-10H,3-5,8,11-12H2,1-2H3. The van der Waals surface area contributed by atoms with E-state index in [0.29, 0.717) is 40.3 Å². The van der Waals surface area contributed by atoms with E-state index in [1.165, 1.54) is 11.8 Å². The Hall–Kier alpha value is -2.68. The van der Waals surface area contributed by atoms with Crippen molar-refractivity contribution in [2.75, 3.05) is 0 Å². The molecule has 28 heavy (non-hydrogen) atoms. The lowest BCUT2D eigenvalue weighted by molar-refractivity contribution is 0.385. The zero-order chi connectivity index (χ0) is 19.5. The van der Waals surface area contributed by atoms with E-state index in [4.69, 9.17) is 4.52 Å². The minimum atomic E-state index is -0.0207. The molecule has 0 bridgehead atoms. The van der Waals surface area contributed by atoms with Crippen LogP contribution in [0.3, 0.4) is 0 Å². The number of fused-ring (bicyclic) bond motifs is 3. The lowest BCUT2D eigenvalue weighted by Crippen LogP contribution is -2.23. The molecule has 0 aliphatic carbocycles. The van der Waals surface area contributed by atoms with Crippen LogP contribution in [0.4, 0.5) is 0 Å². The van der Waals surface area contributed by atoms with Gasteiger partial charge in [0.2, 0.25) is 11.7 Å². The lowest BCUT2D eigenvalue weighted by atomic mass is 10.2. The Labute approximate surface area is 166 Å². The van der Waals surface area contributed by atoms with E-state index >= 15 is 0 Å². The van der Waals surface area contributed by atoms with Crippen LogP contribution >= 0.6 is 11.8 Å². The van der Waals surface area contributed by atoms with Crippen LogP contribution in [0, 0.1) is 0 Å². The lowest BCUT2D eigenvalue weighted by Gasteiger charge is -2.10. The summed E-state index contributed by atoms with van der Waals surface area (Å²) >= 11 is 1.47. The van der Waals surface area contributed by atoms with Gasteiger partial charge in [0.15, 0.2) is 11.0 Å². The maximum Gasteiger partial charge on any atom is 0.262 e. The van der Waals surface area contributed by atoms with E-state index < -0.39 is 0 Å². The molecular formula is C19H22N6O2S. The Kier molecular flexibility index (Phi) is 5.43. The van der Waals surface area contributed by atoms with Gasteiger partial charge in [-0.2, -0.15) is 4.98 Å². The molecule has 3 heterocycles. The molecule has 4 aromatic rings. The number of hydrogen-bond donors (Lipinski definition) is 0. The SMILES string of the molecule is CCCCCn1c(=O)c2ccccc2n2c(SCc3nc(CC)no3)nnc12. The van der Waals surface area contributed by atoms with Crippen molar-refractivity contribution in [3.8, 4) is 0 Å². The van der Waals surface area contributed by atoms with E-state index in [1.54, 1.807) is 4.57 Å². The van der Waals surface area contributed by atoms with Crippen molar-refractivity contribution in [1.82, 2.24) is 29.3 Å². The van der Waals surface area contributed by atoms with Gasteiger partial charge >= 0.3 is 0 Å². The Balaban J connectivity index is 1.76. The normalized spacial score (nSPS) is 11.6. The van der Waals surface area contributed by atoms with Gasteiger partial charge in [-0.15, -0.1) is 10.2 Å². The fourth-order valence-corrected chi connectivity index (χ4v) is 3.94. The van der Waals surface area contributed by atoms with Crippen LogP contribution in [0.5, 0.6) is 0 Å². The molecule has 0 amide bonds. The molecule has 8 nitrogen and oxygen atoms in total. The molecule has 0 saturated heterocycles. The summed E-state index contributed by atoms with van der Waals surface area (Å²) in [7, 11) is 0. The first-order chi connectivity index (χ1) is 13.7. The van der Waals surface area contributed by atoms with Gasteiger partial charge in [-0.1, -0.05) is 55.7 Å². The maximum atomic E-state index is 13.0. The highest BCUT2D eigenvalue weighted by atomic mass is 32.2. The summed E-state index contributed by atoms with van der Waals surface area (Å²) in [6.45, 7) is 4.76. The van der Waals surface area contributed by atoms with Gasteiger partial charge in [-0.05, 0) is 18.6 Å². The summed E-state index contributed by atoms with van der Waals surface area (Å²) in [5.74, 6) is 2.31. The van der Waals surface area contributed by atoms with Crippen LogP contribution in [0.2, 0.25) is 0 Å². The van der Waals surface area contributed by atoms with Gasteiger partial charge in [-0.3, -0.25) is 13.8 Å². The number of aryl methyl sites for hydroxylation is 2. The van der Waals surface area contributed by atoms with Crippen molar-refractivity contribution in [3.05, 3.63) is 46.3 Å². The quantitative estimate of drug-likeness (QED) is 0.331. The molecule has 0 spiro atoms. The fourth-order valence-electron chi connectivity index (χ4n) is 3.17. The van der Waals surface area contributed by atoms with Crippen molar-refractivity contribution in [2.45, 2.75) is 57.0 Å². The van der Waals surface area contributed by atoms with Crippen molar-refractivity contribution in [1.29, 1.82) is 0 Å². The molecule has 0 saturated carbocycles. The highest BCUT2D eigenvalue weighted by Crippen LogP contribution is 2.24. The second-order valence-corrected chi connectivity index (χ2v) is 7.49. The first kappa shape index (κ1) is 18.7. The first-order valence-corrected chi connectivity index (χ1v) is 10.5. The van der Waals surface area contributed by atoms with E-state index in [-0.39, 0.29) is 5.56 Å². The Morgan fingerprint density at radius 2 is 2.00 bits per heavy atom. The van der Waals surface area contributed by atoms with Crippen LogP contribution < -0.4 is 5.56 Å². The van der Waals surface area contributed by atoms with Gasteiger partial charge < -0.3 is 4.52 Å². The predicted molar refractivity (Wildman–Crippen MR) is 108 cm³/mol. The third kappa shape index (κ3) is 3.42. The molecule has 0 fully saturated rings. The third-order valence-electron chi connectivity index (χ3n) is 4.61. The van der Waals surface area contributed by atoms with E-state index in [1.807, 2.05) is 35.6 Å². The fraction of sp³-hybridized carbons (Fsp3) is 0.421. The van der Waals surface area contributed by atoms with Crippen LogP contribution in [0.15, 0.2) is 38.7 Å². The number of aromatic nitrogens is 6. The molecule has 0 aliphatic heterocycles. The zero-order valence-corrected chi connectivity index (χ0v) is 16.8. The number of nitrogens with zero attached hydrogens (tertiary/aromatic N) is 6. The molecule has 0 atom stereocenters. The molecule has 0 radical (unpaired) electrons. The van der Waals surface area contributed by atoms with Crippen molar-refractivity contribution < 1.29 is 4.52 Å². The highest BCUT2D eigenvalue weighted by Gasteiger charge is 2.17. The highest BCUT2D eigenvalue weighted by molar-refractivity contribution is 7.98. The van der Waals surface area contributed by atoms with Gasteiger partial charge in [0, 0.05) is 13.0 Å². The minimum absolute atomic E-state index is 0.0207. The van der Waals surface area contributed by atoms with Crippen molar-refractivity contribution in [3.63, 3.8) is 0 Å². The molecule has 3 aromatic heterocycles. The van der Waals surface area contributed by atoms with Gasteiger partial charge in [0.1, 0.15) is 0 Å². The Morgan fingerprint density at radius 3 is 2.79 bits per heavy atom. The van der Waals surface area contributed by atoms with Crippen LogP contribution in [0.25, 0.3) is 16.7 Å². The molecule has 0 unspecified atom stereocenters. The average molecular weight is 398 g/mol. The number of unbranched alkanes of at least 4 members (excludes halogenated alkanes) is 2. The molecule has 4 rings (SSSR count). The summed E-state index contributed by atoms with van der Waals surface area (Å²) in [6, 6.07) is 7.58. The molecular weight excluding hydrogens is 376 g/mol. The van der Waals surface area contributed by atoms with E-state index in [9.17, 15) is 4.79 Å². The van der Waals surface area contributed by atoms with Crippen molar-refractivity contribution >= 4 is 28.4 Å². The topological polar surface area (TPSA) is 91.1 Å². The van der Waals surface area contributed by atoms with Crippen LogP contribution in [0.1, 0.15) is 44.8 Å². The smallest absolute Gasteiger partial charge is 0.262 e. The minimum Gasteiger partial charge on any atom is -0.338 e. The summed E-state index contributed by atoms with van der Waals surface area (Å²) in [4.78, 5) is 17.3. The summed E-state index contributed by atoms with van der Waals surface area (Å²) < 4.78 is 8.95. The Morgan fingerprint density at radius 1 is 1.14 bits per heavy atom. The number of para-hydroxylation sites is 1. The Bertz CT molecular complexity index is 1160. The predicted octanol–water partition coefficient (Wildman–Crippen LogP) is 3.47. The second kappa shape index (κ2) is 8.14. The average Bonchev–Trinajstić information content (AvgIpc) is 3.36. The summed E-state index contributed by atoms with van der Waals surface area (Å²) in [5.41, 5.74) is 0.786. The number of thioether (sulfide) groups is 1. The molecule has 0 aliphatic rings. The van der Waals surface area contributed by atoms with Gasteiger partial charge in [0.05, 0.1) is 16.7 Å². The molecule has 9 heteroatoms. The zero-order valence-electron chi connectivity index (χ0n) is 16.0. The van der Waals surface area contributed by atoms with Crippen LogP contribution in [-0.2, 0) is 18.7 Å². The number of hydrogen-bond acceptors (Lipinski definition) is 7. The molecule has 0 N–H and O–H groups in total. The first-order valence-electron chi connectivity index (χ1n) is 9.53. The maximum absolute atomic E-state index is 13.0. The van der Waals surface area contributed by atoms with E-state index in [0.717, 1.165) is 31.2 Å². The van der Waals surface area contributed by atoms with E-state index in [2.05, 4.69) is 27.3 Å². The summed E-state index contributed by atoms with van der Waals surface area (Å²) in [5, 5.41) is 14.0. The second-order valence-electron chi connectivity index (χ2n) is 6.55. The van der Waals surface area contributed by atoms with Crippen molar-refractivity contribution in [2.24, 2.45) is 0 Å². The van der Waals surface area contributed by atoms with Crippen LogP contribution in [-0.4, -0.2) is 29.3 Å². The monoisotopic (exact) mass is 398 g/mol. The molecule has 146 valence electrons. The third-order valence-corrected chi connectivity index (χ3v) is 5.53. The van der Waals surface area contributed by atoms with Gasteiger partial charge in [-0.25, -0.2) is 0 Å². The molecule has 1 aromatic carbocycles.